The third kappa shape index (κ3) is 2.34. The van der Waals surface area contributed by atoms with Crippen LogP contribution < -0.4 is 5.73 Å². The van der Waals surface area contributed by atoms with E-state index in [4.69, 9.17) is 10.2 Å². The first-order valence-corrected chi connectivity index (χ1v) is 6.42. The number of nitrogen functional groups attached to an aromatic ring is 1. The summed E-state index contributed by atoms with van der Waals surface area (Å²) in [6.07, 6.45) is 0.121. The third-order valence-electron chi connectivity index (χ3n) is 2.66. The number of thiazole rings is 1. The summed E-state index contributed by atoms with van der Waals surface area (Å²) in [5.41, 5.74) is 6.60. The molecule has 2 N–H and O–H groups in total. The van der Waals surface area contributed by atoms with E-state index in [1.807, 2.05) is 0 Å². The predicted octanol–water partition coefficient (Wildman–Crippen LogP) is 3.04. The summed E-state index contributed by atoms with van der Waals surface area (Å²) in [6, 6.07) is 5.66. The summed E-state index contributed by atoms with van der Waals surface area (Å²) in [5.74, 6) is -0.367. The minimum absolute atomic E-state index is 0.121. The maximum absolute atomic E-state index is 13.0. The van der Waals surface area contributed by atoms with Crippen LogP contribution in [0.5, 0.6) is 0 Å². The molecule has 0 saturated heterocycles. The van der Waals surface area contributed by atoms with E-state index in [9.17, 15) is 9.18 Å². The molecule has 19 heavy (non-hydrogen) atoms. The van der Waals surface area contributed by atoms with E-state index in [1.165, 1.54) is 35.6 Å². The normalized spacial score (nSPS) is 11.0. The molecule has 0 bridgehead atoms. The molecule has 6 heteroatoms. The number of halogens is 1. The van der Waals surface area contributed by atoms with Crippen molar-refractivity contribution < 1.29 is 13.6 Å². The second kappa shape index (κ2) is 4.47. The highest BCUT2D eigenvalue weighted by atomic mass is 32.1. The van der Waals surface area contributed by atoms with Gasteiger partial charge in [-0.2, -0.15) is 0 Å². The molecular formula is C13H9FN2O2S. The van der Waals surface area contributed by atoms with Crippen molar-refractivity contribution in [3.8, 4) is 0 Å². The first-order chi connectivity index (χ1) is 9.11. The Hall–Kier alpha value is -2.21. The molecule has 0 saturated carbocycles. The van der Waals surface area contributed by atoms with Crippen molar-refractivity contribution in [1.29, 1.82) is 0 Å². The van der Waals surface area contributed by atoms with Gasteiger partial charge in [0, 0.05) is 10.8 Å². The zero-order valence-corrected chi connectivity index (χ0v) is 10.5. The SMILES string of the molecule is Nc1nc(CC(=O)c2cc3cc(F)ccc3o2)cs1. The van der Waals surface area contributed by atoms with E-state index in [-0.39, 0.29) is 23.8 Å². The van der Waals surface area contributed by atoms with Crippen LogP contribution in [-0.4, -0.2) is 10.8 Å². The monoisotopic (exact) mass is 276 g/mol. The number of nitrogens with two attached hydrogens (primary N) is 1. The van der Waals surface area contributed by atoms with E-state index < -0.39 is 0 Å². The number of benzene rings is 1. The number of nitrogens with zero attached hydrogens (tertiary/aromatic N) is 1. The maximum Gasteiger partial charge on any atom is 0.204 e. The van der Waals surface area contributed by atoms with Gasteiger partial charge in [-0.25, -0.2) is 9.37 Å². The van der Waals surface area contributed by atoms with Gasteiger partial charge in [-0.3, -0.25) is 4.79 Å². The van der Waals surface area contributed by atoms with Crippen molar-refractivity contribution in [3.63, 3.8) is 0 Å². The average Bonchev–Trinajstić information content (AvgIpc) is 2.95. The molecule has 0 amide bonds. The molecule has 0 fully saturated rings. The van der Waals surface area contributed by atoms with Gasteiger partial charge in [0.2, 0.25) is 5.78 Å². The molecule has 96 valence electrons. The molecule has 2 aromatic heterocycles. The number of carbonyl (C=O) groups excluding carboxylic acids is 1. The van der Waals surface area contributed by atoms with E-state index >= 15 is 0 Å². The van der Waals surface area contributed by atoms with Crippen molar-refractivity contribution in [2.75, 3.05) is 5.73 Å². The highest BCUT2D eigenvalue weighted by Crippen LogP contribution is 2.22. The largest absolute Gasteiger partial charge is 0.453 e. The van der Waals surface area contributed by atoms with Gasteiger partial charge in [-0.15, -0.1) is 11.3 Å². The van der Waals surface area contributed by atoms with Crippen molar-refractivity contribution in [3.05, 3.63) is 46.9 Å². The number of Topliss-reactive ketones (excluding diaryl/α,β-unsaturated/α-hetero) is 1. The second-order valence-corrected chi connectivity index (χ2v) is 4.96. The van der Waals surface area contributed by atoms with Crippen LogP contribution in [0.1, 0.15) is 16.2 Å². The first kappa shape index (κ1) is 11.9. The van der Waals surface area contributed by atoms with Crippen LogP contribution in [0, 0.1) is 5.82 Å². The zero-order valence-electron chi connectivity index (χ0n) is 9.72. The average molecular weight is 276 g/mol. The van der Waals surface area contributed by atoms with E-state index in [0.29, 0.717) is 21.8 Å². The third-order valence-corrected chi connectivity index (χ3v) is 3.39. The van der Waals surface area contributed by atoms with Crippen LogP contribution in [0.25, 0.3) is 11.0 Å². The zero-order chi connectivity index (χ0) is 13.4. The number of furan rings is 1. The fourth-order valence-electron chi connectivity index (χ4n) is 1.81. The lowest BCUT2D eigenvalue weighted by atomic mass is 10.2. The Balaban J connectivity index is 1.89. The fraction of sp³-hybridized carbons (Fsp3) is 0.0769. The molecule has 2 heterocycles. The number of fused-ring (bicyclic) bond motifs is 1. The van der Waals surface area contributed by atoms with Gasteiger partial charge in [-0.1, -0.05) is 0 Å². The van der Waals surface area contributed by atoms with E-state index in [2.05, 4.69) is 4.98 Å². The summed E-state index contributed by atoms with van der Waals surface area (Å²) in [7, 11) is 0. The predicted molar refractivity (Wildman–Crippen MR) is 70.7 cm³/mol. The van der Waals surface area contributed by atoms with Gasteiger partial charge in [0.25, 0.3) is 0 Å². The highest BCUT2D eigenvalue weighted by Gasteiger charge is 2.14. The Morgan fingerprint density at radius 2 is 2.26 bits per heavy atom. The van der Waals surface area contributed by atoms with Crippen LogP contribution >= 0.6 is 11.3 Å². The Morgan fingerprint density at radius 3 is 3.00 bits per heavy atom. The van der Waals surface area contributed by atoms with Gasteiger partial charge in [0.15, 0.2) is 10.9 Å². The number of carbonyl (C=O) groups is 1. The smallest absolute Gasteiger partial charge is 0.204 e. The Labute approximate surface area is 111 Å². The number of hydrogen-bond donors (Lipinski definition) is 1. The molecular weight excluding hydrogens is 267 g/mol. The van der Waals surface area contributed by atoms with Crippen LogP contribution in [0.15, 0.2) is 34.1 Å². The number of ketones is 1. The minimum atomic E-state index is -0.362. The van der Waals surface area contributed by atoms with Gasteiger partial charge in [0.1, 0.15) is 11.4 Å². The van der Waals surface area contributed by atoms with Crippen LogP contribution in [-0.2, 0) is 6.42 Å². The van der Waals surface area contributed by atoms with Crippen molar-refractivity contribution >= 4 is 33.2 Å². The molecule has 0 aliphatic rings. The number of rotatable bonds is 3. The first-order valence-electron chi connectivity index (χ1n) is 5.54. The molecule has 4 nitrogen and oxygen atoms in total. The summed E-state index contributed by atoms with van der Waals surface area (Å²) in [4.78, 5) is 16.0. The summed E-state index contributed by atoms with van der Waals surface area (Å²) in [5, 5.41) is 2.73. The molecule has 1 aromatic carbocycles. The Bertz CT molecular complexity index is 763. The van der Waals surface area contributed by atoms with Crippen molar-refractivity contribution in [2.45, 2.75) is 6.42 Å². The number of aromatic nitrogens is 1. The topological polar surface area (TPSA) is 69.1 Å². The van der Waals surface area contributed by atoms with Crippen molar-refractivity contribution in [1.82, 2.24) is 4.98 Å². The molecule has 0 aliphatic heterocycles. The molecule has 3 aromatic rings. The van der Waals surface area contributed by atoms with Crippen LogP contribution in [0.2, 0.25) is 0 Å². The lowest BCUT2D eigenvalue weighted by Crippen LogP contribution is -2.02. The summed E-state index contributed by atoms with van der Waals surface area (Å²) >= 11 is 1.28. The minimum Gasteiger partial charge on any atom is -0.453 e. The lowest BCUT2D eigenvalue weighted by Gasteiger charge is -1.92. The van der Waals surface area contributed by atoms with Gasteiger partial charge in [-0.05, 0) is 24.3 Å². The molecule has 3 rings (SSSR count). The molecule has 0 atom stereocenters. The quantitative estimate of drug-likeness (QED) is 0.746. The standard InChI is InChI=1S/C13H9FN2O2S/c14-8-1-2-11-7(3-8)4-12(18-11)10(17)5-9-6-19-13(15)16-9/h1-4,6H,5H2,(H2,15,16). The van der Waals surface area contributed by atoms with Gasteiger partial charge < -0.3 is 10.2 Å². The van der Waals surface area contributed by atoms with E-state index in [1.54, 1.807) is 5.38 Å². The number of hydrogen-bond acceptors (Lipinski definition) is 5. The summed E-state index contributed by atoms with van der Waals surface area (Å²) < 4.78 is 18.4. The second-order valence-electron chi connectivity index (χ2n) is 4.07. The fourth-order valence-corrected chi connectivity index (χ4v) is 2.37. The maximum atomic E-state index is 13.0. The van der Waals surface area contributed by atoms with Crippen molar-refractivity contribution in [2.24, 2.45) is 0 Å². The van der Waals surface area contributed by atoms with Gasteiger partial charge >= 0.3 is 0 Å². The molecule has 0 unspecified atom stereocenters. The Morgan fingerprint density at radius 1 is 1.42 bits per heavy atom. The Kier molecular flexibility index (Phi) is 2.79. The lowest BCUT2D eigenvalue weighted by molar-refractivity contribution is 0.0967. The van der Waals surface area contributed by atoms with Gasteiger partial charge in [0.05, 0.1) is 12.1 Å². The molecule has 0 aliphatic carbocycles. The van der Waals surface area contributed by atoms with Crippen LogP contribution in [0.3, 0.4) is 0 Å². The highest BCUT2D eigenvalue weighted by molar-refractivity contribution is 7.13. The molecule has 0 spiro atoms. The van der Waals surface area contributed by atoms with Crippen LogP contribution in [0.4, 0.5) is 9.52 Å². The van der Waals surface area contributed by atoms with E-state index in [0.717, 1.165) is 0 Å². The molecule has 0 radical (unpaired) electrons. The number of anilines is 1. The summed E-state index contributed by atoms with van der Waals surface area (Å²) in [6.45, 7) is 0.